The third-order valence-electron chi connectivity index (χ3n) is 2.79. The fraction of sp³-hybridized carbons (Fsp3) is 0.778. The van der Waals surface area contributed by atoms with E-state index < -0.39 is 4.92 Å². The molecular weight excluding hydrogens is 210 g/mol. The average Bonchev–Trinajstić information content (AvgIpc) is 2.87. The molecule has 0 amide bonds. The lowest BCUT2D eigenvalue weighted by molar-refractivity contribution is -0.394. The van der Waals surface area contributed by atoms with Crippen molar-refractivity contribution in [2.75, 3.05) is 6.54 Å². The van der Waals surface area contributed by atoms with Gasteiger partial charge in [-0.3, -0.25) is 0 Å². The van der Waals surface area contributed by atoms with E-state index in [1.165, 1.54) is 23.9 Å². The van der Waals surface area contributed by atoms with Crippen molar-refractivity contribution < 1.29 is 4.92 Å². The molecule has 0 radical (unpaired) electrons. The van der Waals surface area contributed by atoms with Gasteiger partial charge >= 0.3 is 5.95 Å². The summed E-state index contributed by atoms with van der Waals surface area (Å²) in [6.07, 6.45) is 5.96. The van der Waals surface area contributed by atoms with Crippen LogP contribution in [0.2, 0.25) is 0 Å². The number of hydrogen-bond acceptors (Lipinski definition) is 5. The zero-order valence-corrected chi connectivity index (χ0v) is 9.00. The number of nitrogens with zero attached hydrogens (tertiary/aromatic N) is 4. The summed E-state index contributed by atoms with van der Waals surface area (Å²) in [5.74, 6) is -0.320. The van der Waals surface area contributed by atoms with Crippen LogP contribution in [0.4, 0.5) is 5.95 Å². The Morgan fingerprint density at radius 3 is 3.19 bits per heavy atom. The minimum Gasteiger partial charge on any atom is -0.390 e. The highest BCUT2D eigenvalue weighted by Crippen LogP contribution is 2.11. The molecule has 1 aromatic rings. The molecule has 1 fully saturated rings. The van der Waals surface area contributed by atoms with Crippen LogP contribution in [0.5, 0.6) is 0 Å². The molecule has 0 spiro atoms. The van der Waals surface area contributed by atoms with Gasteiger partial charge < -0.3 is 15.4 Å². The maximum absolute atomic E-state index is 10.4. The maximum atomic E-state index is 10.4. The minimum atomic E-state index is -0.574. The van der Waals surface area contributed by atoms with E-state index in [0.717, 1.165) is 19.4 Å². The fourth-order valence-corrected chi connectivity index (χ4v) is 1.98. The molecule has 1 atom stereocenters. The van der Waals surface area contributed by atoms with Crippen LogP contribution in [-0.2, 0) is 6.54 Å². The topological polar surface area (TPSA) is 85.9 Å². The lowest BCUT2D eigenvalue weighted by Gasteiger charge is -2.07. The fourth-order valence-electron chi connectivity index (χ4n) is 1.98. The summed E-state index contributed by atoms with van der Waals surface area (Å²) in [6, 6.07) is 0.610. The second-order valence-corrected chi connectivity index (χ2v) is 4.00. The van der Waals surface area contributed by atoms with Crippen molar-refractivity contribution >= 4 is 5.95 Å². The van der Waals surface area contributed by atoms with E-state index in [1.807, 2.05) is 0 Å². The molecule has 1 unspecified atom stereocenters. The van der Waals surface area contributed by atoms with E-state index in [-0.39, 0.29) is 5.95 Å². The van der Waals surface area contributed by atoms with Crippen LogP contribution in [0.3, 0.4) is 0 Å². The van der Waals surface area contributed by atoms with Gasteiger partial charge in [-0.25, -0.2) is 0 Å². The molecule has 1 saturated heterocycles. The normalized spacial score (nSPS) is 20.1. The number of hydrogen-bond donors (Lipinski definition) is 1. The zero-order chi connectivity index (χ0) is 11.4. The van der Waals surface area contributed by atoms with E-state index in [1.54, 1.807) is 0 Å². The van der Waals surface area contributed by atoms with Crippen LogP contribution in [0.1, 0.15) is 25.7 Å². The van der Waals surface area contributed by atoms with E-state index >= 15 is 0 Å². The first-order valence-corrected chi connectivity index (χ1v) is 5.53. The molecule has 1 aromatic heterocycles. The van der Waals surface area contributed by atoms with Crippen LogP contribution >= 0.6 is 0 Å². The number of rotatable bonds is 5. The molecule has 1 aliphatic heterocycles. The number of nitrogens with one attached hydrogen (secondary N) is 1. The highest BCUT2D eigenvalue weighted by Gasteiger charge is 2.15. The highest BCUT2D eigenvalue weighted by molar-refractivity contribution is 4.96. The molecule has 0 saturated carbocycles. The van der Waals surface area contributed by atoms with Crippen molar-refractivity contribution in [3.63, 3.8) is 0 Å². The second-order valence-electron chi connectivity index (χ2n) is 4.00. The monoisotopic (exact) mass is 225 g/mol. The van der Waals surface area contributed by atoms with Crippen LogP contribution in [0.25, 0.3) is 0 Å². The summed E-state index contributed by atoms with van der Waals surface area (Å²) in [5.41, 5.74) is 0. The van der Waals surface area contributed by atoms with Crippen molar-refractivity contribution in [2.24, 2.45) is 0 Å². The molecule has 2 rings (SSSR count). The molecule has 88 valence electrons. The Morgan fingerprint density at radius 2 is 2.56 bits per heavy atom. The molecule has 0 bridgehead atoms. The smallest absolute Gasteiger partial charge is 0.390 e. The lowest BCUT2D eigenvalue weighted by Crippen LogP contribution is -2.21. The molecular formula is C9H15N5O2. The van der Waals surface area contributed by atoms with Crippen molar-refractivity contribution in [1.82, 2.24) is 20.1 Å². The van der Waals surface area contributed by atoms with Crippen molar-refractivity contribution in [2.45, 2.75) is 38.3 Å². The van der Waals surface area contributed by atoms with Crippen LogP contribution < -0.4 is 5.32 Å². The summed E-state index contributed by atoms with van der Waals surface area (Å²) < 4.78 is 1.53. The third kappa shape index (κ3) is 2.75. The Bertz CT molecular complexity index is 359. The van der Waals surface area contributed by atoms with Crippen LogP contribution in [0, 0.1) is 10.1 Å². The summed E-state index contributed by atoms with van der Waals surface area (Å²) in [5, 5.41) is 17.5. The Balaban J connectivity index is 1.74. The number of aromatic nitrogens is 3. The van der Waals surface area contributed by atoms with Crippen molar-refractivity contribution in [3.8, 4) is 0 Å². The van der Waals surface area contributed by atoms with Gasteiger partial charge in [0, 0.05) is 11.1 Å². The number of aryl methyl sites for hydroxylation is 1. The van der Waals surface area contributed by atoms with Gasteiger partial charge in [-0.15, -0.1) is 0 Å². The molecule has 0 aromatic carbocycles. The van der Waals surface area contributed by atoms with Gasteiger partial charge in [0.1, 0.15) is 0 Å². The van der Waals surface area contributed by atoms with E-state index in [0.29, 0.717) is 12.6 Å². The molecule has 0 aliphatic carbocycles. The average molecular weight is 225 g/mol. The molecule has 16 heavy (non-hydrogen) atoms. The van der Waals surface area contributed by atoms with Gasteiger partial charge in [0.25, 0.3) is 0 Å². The molecule has 2 heterocycles. The Hall–Kier alpha value is -1.50. The van der Waals surface area contributed by atoms with Gasteiger partial charge in [-0.1, -0.05) is 4.98 Å². The summed E-state index contributed by atoms with van der Waals surface area (Å²) in [6.45, 7) is 1.80. The first-order chi connectivity index (χ1) is 7.75. The minimum absolute atomic E-state index is 0.320. The Labute approximate surface area is 93.0 Å². The molecule has 7 nitrogen and oxygen atoms in total. The summed E-state index contributed by atoms with van der Waals surface area (Å²) in [7, 11) is 0. The van der Waals surface area contributed by atoms with Gasteiger partial charge in [0.2, 0.25) is 6.33 Å². The van der Waals surface area contributed by atoms with E-state index in [9.17, 15) is 10.1 Å². The van der Waals surface area contributed by atoms with Crippen LogP contribution in [0.15, 0.2) is 6.33 Å². The summed E-state index contributed by atoms with van der Waals surface area (Å²) >= 11 is 0. The molecule has 7 heteroatoms. The zero-order valence-electron chi connectivity index (χ0n) is 9.00. The van der Waals surface area contributed by atoms with Gasteiger partial charge in [0.05, 0.1) is 6.54 Å². The SMILES string of the molecule is O=[N+]([O-])c1ncn(CCCC2CCCN2)n1. The Morgan fingerprint density at radius 1 is 1.69 bits per heavy atom. The van der Waals surface area contributed by atoms with Crippen molar-refractivity contribution in [3.05, 3.63) is 16.4 Å². The highest BCUT2D eigenvalue weighted by atomic mass is 16.6. The first kappa shape index (κ1) is 11.0. The second kappa shape index (κ2) is 5.02. The lowest BCUT2D eigenvalue weighted by atomic mass is 10.1. The van der Waals surface area contributed by atoms with Gasteiger partial charge in [-0.05, 0) is 37.2 Å². The maximum Gasteiger partial charge on any atom is 0.490 e. The van der Waals surface area contributed by atoms with E-state index in [2.05, 4.69) is 15.4 Å². The van der Waals surface area contributed by atoms with Crippen molar-refractivity contribution in [1.29, 1.82) is 0 Å². The predicted octanol–water partition coefficient (Wildman–Crippen LogP) is 0.718. The Kier molecular flexibility index (Phi) is 3.45. The quantitative estimate of drug-likeness (QED) is 0.589. The van der Waals surface area contributed by atoms with Crippen LogP contribution in [-0.4, -0.2) is 32.3 Å². The largest absolute Gasteiger partial charge is 0.490 e. The first-order valence-electron chi connectivity index (χ1n) is 5.53. The van der Waals surface area contributed by atoms with E-state index in [4.69, 9.17) is 0 Å². The van der Waals surface area contributed by atoms with Gasteiger partial charge in [-0.2, -0.15) is 4.68 Å². The standard InChI is InChI=1S/C9H15N5O2/c15-14(16)9-11-7-13(12-9)6-2-4-8-3-1-5-10-8/h7-8,10H,1-6H2. The summed E-state index contributed by atoms with van der Waals surface area (Å²) in [4.78, 5) is 13.4. The van der Waals surface area contributed by atoms with Gasteiger partial charge in [0.15, 0.2) is 0 Å². The molecule has 1 aliphatic rings. The number of nitro groups is 1. The predicted molar refractivity (Wildman–Crippen MR) is 56.9 cm³/mol. The molecule has 1 N–H and O–H groups in total. The third-order valence-corrected chi connectivity index (χ3v) is 2.79.